The van der Waals surface area contributed by atoms with Crippen LogP contribution in [0.2, 0.25) is 0 Å². The average Bonchev–Trinajstić information content (AvgIpc) is 2.54. The van der Waals surface area contributed by atoms with Crippen molar-refractivity contribution in [3.8, 4) is 0 Å². The molecule has 0 aliphatic carbocycles. The summed E-state index contributed by atoms with van der Waals surface area (Å²) < 4.78 is 28.7. The first kappa shape index (κ1) is 17.7. The van der Waals surface area contributed by atoms with E-state index < -0.39 is 23.1 Å². The molecule has 1 heterocycles. The van der Waals surface area contributed by atoms with E-state index in [-0.39, 0.29) is 16.7 Å². The molecule has 0 aliphatic heterocycles. The standard InChI is InChI=1S/C16H9Br2F2N3O2/c17-8-1-2-13-10(3-8)16(25)23(7-21-13)6-14(24)22-15-11(18)4-9(19)5-12(15)20/h1-5,7H,6H2,(H,22,24). The zero-order valence-corrected chi connectivity index (χ0v) is 15.6. The Bertz CT molecular complexity index is 1030. The van der Waals surface area contributed by atoms with E-state index in [9.17, 15) is 18.4 Å². The van der Waals surface area contributed by atoms with Crippen molar-refractivity contribution in [1.29, 1.82) is 0 Å². The zero-order valence-electron chi connectivity index (χ0n) is 12.4. The molecule has 5 nitrogen and oxygen atoms in total. The number of carbonyl (C=O) groups excluding carboxylic acids is 1. The number of nitrogens with one attached hydrogen (secondary N) is 1. The molecule has 0 bridgehead atoms. The molecule has 0 fully saturated rings. The van der Waals surface area contributed by atoms with Crippen LogP contribution in [0.3, 0.4) is 0 Å². The number of rotatable bonds is 3. The molecule has 0 saturated carbocycles. The van der Waals surface area contributed by atoms with Gasteiger partial charge in [0.1, 0.15) is 12.4 Å². The molecule has 1 aromatic heterocycles. The van der Waals surface area contributed by atoms with Gasteiger partial charge in [0.2, 0.25) is 5.91 Å². The van der Waals surface area contributed by atoms with Gasteiger partial charge in [0.05, 0.1) is 22.9 Å². The number of nitrogens with zero attached hydrogens (tertiary/aromatic N) is 2. The summed E-state index contributed by atoms with van der Waals surface area (Å²) in [5, 5.41) is 2.66. The van der Waals surface area contributed by atoms with Crippen LogP contribution in [0, 0.1) is 11.6 Å². The third-order valence-corrected chi connectivity index (χ3v) is 4.49. The maximum absolute atomic E-state index is 13.8. The second-order valence-electron chi connectivity index (χ2n) is 5.13. The van der Waals surface area contributed by atoms with E-state index in [2.05, 4.69) is 42.2 Å². The number of benzene rings is 2. The third-order valence-electron chi connectivity index (χ3n) is 3.37. The highest BCUT2D eigenvalue weighted by Crippen LogP contribution is 2.26. The monoisotopic (exact) mass is 471 g/mol. The van der Waals surface area contributed by atoms with Crippen molar-refractivity contribution in [3.63, 3.8) is 0 Å². The van der Waals surface area contributed by atoms with Gasteiger partial charge in [-0.1, -0.05) is 15.9 Å². The maximum Gasteiger partial charge on any atom is 0.261 e. The van der Waals surface area contributed by atoms with E-state index in [1.165, 1.54) is 6.33 Å². The van der Waals surface area contributed by atoms with Gasteiger partial charge >= 0.3 is 0 Å². The fourth-order valence-corrected chi connectivity index (χ4v) is 3.11. The topological polar surface area (TPSA) is 64.0 Å². The van der Waals surface area contributed by atoms with Crippen LogP contribution in [0.15, 0.2) is 50.4 Å². The average molecular weight is 473 g/mol. The molecule has 0 unspecified atom stereocenters. The molecule has 0 atom stereocenters. The molecule has 2 aromatic carbocycles. The highest BCUT2D eigenvalue weighted by Gasteiger charge is 2.14. The van der Waals surface area contributed by atoms with Gasteiger partial charge in [-0.3, -0.25) is 14.2 Å². The van der Waals surface area contributed by atoms with Crippen LogP contribution in [0.25, 0.3) is 10.9 Å². The van der Waals surface area contributed by atoms with E-state index in [0.29, 0.717) is 21.4 Å². The summed E-state index contributed by atoms with van der Waals surface area (Å²) in [5.74, 6) is -2.35. The lowest BCUT2D eigenvalue weighted by Crippen LogP contribution is -2.28. The largest absolute Gasteiger partial charge is 0.321 e. The first-order chi connectivity index (χ1) is 11.8. The lowest BCUT2D eigenvalue weighted by atomic mass is 10.2. The normalized spacial score (nSPS) is 10.9. The summed E-state index contributed by atoms with van der Waals surface area (Å²) in [6.45, 7) is -0.364. The summed E-state index contributed by atoms with van der Waals surface area (Å²) in [5.41, 5.74) is -0.104. The summed E-state index contributed by atoms with van der Waals surface area (Å²) in [6.07, 6.45) is 1.24. The van der Waals surface area contributed by atoms with Crippen molar-refractivity contribution < 1.29 is 13.6 Å². The van der Waals surface area contributed by atoms with Gasteiger partial charge in [0, 0.05) is 15.0 Å². The minimum atomic E-state index is -0.923. The summed E-state index contributed by atoms with van der Waals surface area (Å²) in [7, 11) is 0. The summed E-state index contributed by atoms with van der Waals surface area (Å²) >= 11 is 6.26. The second-order valence-corrected chi connectivity index (χ2v) is 6.90. The molecule has 0 spiro atoms. The predicted molar refractivity (Wildman–Crippen MR) is 96.4 cm³/mol. The van der Waals surface area contributed by atoms with E-state index in [0.717, 1.165) is 10.6 Å². The van der Waals surface area contributed by atoms with Crippen molar-refractivity contribution in [3.05, 3.63) is 67.6 Å². The number of anilines is 1. The van der Waals surface area contributed by atoms with Crippen molar-refractivity contribution in [2.24, 2.45) is 0 Å². The SMILES string of the molecule is O=C(Cn1cnc2ccc(Br)cc2c1=O)Nc1c(F)cc(F)cc1Br. The minimum absolute atomic E-state index is 0.0614. The molecule has 3 aromatic rings. The van der Waals surface area contributed by atoms with Crippen LogP contribution >= 0.6 is 31.9 Å². The number of amides is 1. The Morgan fingerprint density at radius 2 is 1.96 bits per heavy atom. The number of carbonyl (C=O) groups is 1. The van der Waals surface area contributed by atoms with Gasteiger partial charge in [0.25, 0.3) is 5.56 Å². The Morgan fingerprint density at radius 3 is 2.68 bits per heavy atom. The summed E-state index contributed by atoms with van der Waals surface area (Å²) in [4.78, 5) is 28.7. The van der Waals surface area contributed by atoms with Crippen molar-refractivity contribution in [2.75, 3.05) is 5.32 Å². The molecule has 9 heteroatoms. The molecule has 128 valence electrons. The molecule has 0 saturated heterocycles. The number of hydrogen-bond acceptors (Lipinski definition) is 3. The van der Waals surface area contributed by atoms with Crippen LogP contribution in [-0.4, -0.2) is 15.5 Å². The number of fused-ring (bicyclic) bond motifs is 1. The van der Waals surface area contributed by atoms with Crippen LogP contribution in [0.5, 0.6) is 0 Å². The smallest absolute Gasteiger partial charge is 0.261 e. The lowest BCUT2D eigenvalue weighted by molar-refractivity contribution is -0.116. The van der Waals surface area contributed by atoms with E-state index in [1.54, 1.807) is 18.2 Å². The Hall–Kier alpha value is -2.13. The van der Waals surface area contributed by atoms with Gasteiger partial charge in [0.15, 0.2) is 5.82 Å². The molecule has 1 amide bonds. The van der Waals surface area contributed by atoms with E-state index in [1.807, 2.05) is 0 Å². The quantitative estimate of drug-likeness (QED) is 0.630. The zero-order chi connectivity index (χ0) is 18.1. The Kier molecular flexibility index (Phi) is 4.96. The number of aromatic nitrogens is 2. The molecule has 0 radical (unpaired) electrons. The Morgan fingerprint density at radius 1 is 1.20 bits per heavy atom. The van der Waals surface area contributed by atoms with E-state index >= 15 is 0 Å². The molecular weight excluding hydrogens is 464 g/mol. The van der Waals surface area contributed by atoms with Gasteiger partial charge in [-0.25, -0.2) is 13.8 Å². The fraction of sp³-hybridized carbons (Fsp3) is 0.0625. The first-order valence-electron chi connectivity index (χ1n) is 6.94. The van der Waals surface area contributed by atoms with Gasteiger partial charge in [-0.2, -0.15) is 0 Å². The third kappa shape index (κ3) is 3.77. The van der Waals surface area contributed by atoms with Crippen molar-refractivity contribution >= 4 is 54.4 Å². The van der Waals surface area contributed by atoms with Crippen LogP contribution in [0.1, 0.15) is 0 Å². The fourth-order valence-electron chi connectivity index (χ4n) is 2.24. The molecule has 1 N–H and O–H groups in total. The van der Waals surface area contributed by atoms with Crippen LogP contribution < -0.4 is 10.9 Å². The highest BCUT2D eigenvalue weighted by molar-refractivity contribution is 9.10. The Labute approximate surface area is 156 Å². The first-order valence-corrected chi connectivity index (χ1v) is 8.53. The molecule has 25 heavy (non-hydrogen) atoms. The second kappa shape index (κ2) is 7.01. The molecule has 3 rings (SSSR count). The van der Waals surface area contributed by atoms with Crippen LogP contribution in [-0.2, 0) is 11.3 Å². The van der Waals surface area contributed by atoms with Gasteiger partial charge in [-0.05, 0) is 40.2 Å². The maximum atomic E-state index is 13.8. The predicted octanol–water partition coefficient (Wildman–Crippen LogP) is 3.84. The lowest BCUT2D eigenvalue weighted by Gasteiger charge is -2.10. The molecular formula is C16H9Br2F2N3O2. The van der Waals surface area contributed by atoms with Crippen molar-refractivity contribution in [2.45, 2.75) is 6.54 Å². The van der Waals surface area contributed by atoms with Crippen molar-refractivity contribution in [1.82, 2.24) is 9.55 Å². The number of hydrogen-bond donors (Lipinski definition) is 1. The van der Waals surface area contributed by atoms with E-state index in [4.69, 9.17) is 0 Å². The van der Waals surface area contributed by atoms with Crippen LogP contribution in [0.4, 0.5) is 14.5 Å². The highest BCUT2D eigenvalue weighted by atomic mass is 79.9. The minimum Gasteiger partial charge on any atom is -0.321 e. The number of halogens is 4. The summed E-state index contributed by atoms with van der Waals surface area (Å²) in [6, 6.07) is 6.72. The van der Waals surface area contributed by atoms with Gasteiger partial charge in [-0.15, -0.1) is 0 Å². The van der Waals surface area contributed by atoms with Gasteiger partial charge < -0.3 is 5.32 Å². The Balaban J connectivity index is 1.88. The molecule has 0 aliphatic rings.